The maximum atomic E-state index is 13.1. The Bertz CT molecular complexity index is 659. The molecule has 2 aromatic carbocycles. The number of halogens is 2. The number of benzene rings is 2. The molecular formula is C17H15F2NO2. The molecule has 2 rings (SSSR count). The van der Waals surface area contributed by atoms with E-state index in [0.29, 0.717) is 17.2 Å². The third kappa shape index (κ3) is 4.15. The third-order valence-electron chi connectivity index (χ3n) is 2.90. The number of carbonyl (C=O) groups excluding carboxylic acids is 1. The second-order valence-electron chi connectivity index (χ2n) is 4.73. The topological polar surface area (TPSA) is 38.3 Å². The summed E-state index contributed by atoms with van der Waals surface area (Å²) in [5, 5.41) is 2.61. The van der Waals surface area contributed by atoms with Gasteiger partial charge in [0.25, 0.3) is 5.92 Å². The molecule has 0 aliphatic carbocycles. The molecule has 0 aliphatic rings. The molecule has 0 fully saturated rings. The number of hydrogen-bond acceptors (Lipinski definition) is 2. The molecule has 0 atom stereocenters. The second kappa shape index (κ2) is 6.39. The monoisotopic (exact) mass is 303 g/mol. The third-order valence-corrected chi connectivity index (χ3v) is 2.90. The fourth-order valence-corrected chi connectivity index (χ4v) is 1.75. The highest BCUT2D eigenvalue weighted by Gasteiger charge is 2.23. The quantitative estimate of drug-likeness (QED) is 0.812. The van der Waals surface area contributed by atoms with E-state index in [1.807, 2.05) is 0 Å². The van der Waals surface area contributed by atoms with E-state index in [9.17, 15) is 13.6 Å². The summed E-state index contributed by atoms with van der Waals surface area (Å²) >= 11 is 0. The minimum absolute atomic E-state index is 0.0673. The maximum Gasteiger partial charge on any atom is 0.270 e. The maximum absolute atomic E-state index is 13.1. The average molecular weight is 303 g/mol. The van der Waals surface area contributed by atoms with Gasteiger partial charge in [0, 0.05) is 18.2 Å². The van der Waals surface area contributed by atoms with Crippen LogP contribution in [-0.4, -0.2) is 5.91 Å². The normalized spacial score (nSPS) is 10.9. The van der Waals surface area contributed by atoms with E-state index in [2.05, 4.69) is 11.9 Å². The van der Waals surface area contributed by atoms with Crippen molar-refractivity contribution in [2.24, 2.45) is 0 Å². The van der Waals surface area contributed by atoms with Gasteiger partial charge >= 0.3 is 0 Å². The Morgan fingerprint density at radius 1 is 1.09 bits per heavy atom. The Labute approximate surface area is 127 Å². The lowest BCUT2D eigenvalue weighted by Gasteiger charge is -2.11. The van der Waals surface area contributed by atoms with Crippen molar-refractivity contribution >= 4 is 11.6 Å². The number of ether oxygens (including phenoxy) is 1. The van der Waals surface area contributed by atoms with E-state index >= 15 is 0 Å². The van der Waals surface area contributed by atoms with Crippen molar-refractivity contribution in [2.45, 2.75) is 12.8 Å². The highest BCUT2D eigenvalue weighted by atomic mass is 19.3. The summed E-state index contributed by atoms with van der Waals surface area (Å²) in [6.07, 6.45) is 1.18. The van der Waals surface area contributed by atoms with Crippen molar-refractivity contribution in [2.75, 3.05) is 5.32 Å². The molecule has 0 aromatic heterocycles. The van der Waals surface area contributed by atoms with Gasteiger partial charge in [-0.25, -0.2) is 8.78 Å². The second-order valence-corrected chi connectivity index (χ2v) is 4.73. The Kier molecular flexibility index (Phi) is 4.56. The van der Waals surface area contributed by atoms with Crippen molar-refractivity contribution in [3.05, 3.63) is 66.7 Å². The van der Waals surface area contributed by atoms with E-state index in [-0.39, 0.29) is 11.5 Å². The number of alkyl halides is 2. The molecule has 0 saturated heterocycles. The van der Waals surface area contributed by atoms with Crippen molar-refractivity contribution in [3.8, 4) is 11.5 Å². The zero-order chi connectivity index (χ0) is 16.2. The lowest BCUT2D eigenvalue weighted by atomic mass is 10.1. The van der Waals surface area contributed by atoms with E-state index in [0.717, 1.165) is 6.92 Å². The highest BCUT2D eigenvalue weighted by molar-refractivity contribution is 5.98. The summed E-state index contributed by atoms with van der Waals surface area (Å²) in [4.78, 5) is 11.1. The van der Waals surface area contributed by atoms with Crippen LogP contribution in [0, 0.1) is 0 Å². The summed E-state index contributed by atoms with van der Waals surface area (Å²) in [6.45, 7) is 4.21. The Balaban J connectivity index is 2.04. The van der Waals surface area contributed by atoms with Crippen LogP contribution >= 0.6 is 0 Å². The van der Waals surface area contributed by atoms with Crippen LogP contribution in [0.3, 0.4) is 0 Å². The molecule has 0 aliphatic heterocycles. The molecule has 3 nitrogen and oxygen atoms in total. The fraction of sp³-hybridized carbons (Fsp3) is 0.118. The van der Waals surface area contributed by atoms with Gasteiger partial charge < -0.3 is 10.1 Å². The van der Waals surface area contributed by atoms with Gasteiger partial charge in [-0.3, -0.25) is 4.79 Å². The number of rotatable bonds is 5. The molecule has 1 N–H and O–H groups in total. The molecule has 0 unspecified atom stereocenters. The number of nitrogens with one attached hydrogen (secondary N) is 1. The summed E-state index contributed by atoms with van der Waals surface area (Å²) in [5.41, 5.74) is 0.542. The number of hydrogen-bond donors (Lipinski definition) is 1. The minimum atomic E-state index is -2.87. The molecule has 0 heterocycles. The molecular weight excluding hydrogens is 288 g/mol. The SMILES string of the molecule is C=CC(=O)Nc1ccc(Oc2ccc(C(C)(F)F)cc2)cc1. The summed E-state index contributed by atoms with van der Waals surface area (Å²) in [7, 11) is 0. The van der Waals surface area contributed by atoms with E-state index in [1.165, 1.54) is 30.3 Å². The standard InChI is InChI=1S/C17H15F2NO2/c1-3-16(21)20-13-6-10-15(11-7-13)22-14-8-4-12(5-9-14)17(2,18)19/h3-11H,1H2,2H3,(H,20,21). The van der Waals surface area contributed by atoms with Crippen molar-refractivity contribution in [1.82, 2.24) is 0 Å². The van der Waals surface area contributed by atoms with E-state index in [4.69, 9.17) is 4.74 Å². The average Bonchev–Trinajstić information content (AvgIpc) is 2.49. The van der Waals surface area contributed by atoms with Crippen LogP contribution in [0.25, 0.3) is 0 Å². The lowest BCUT2D eigenvalue weighted by Crippen LogP contribution is -2.06. The smallest absolute Gasteiger partial charge is 0.270 e. The van der Waals surface area contributed by atoms with Crippen LogP contribution in [0.4, 0.5) is 14.5 Å². The molecule has 114 valence electrons. The van der Waals surface area contributed by atoms with Gasteiger partial charge in [0.1, 0.15) is 11.5 Å². The molecule has 22 heavy (non-hydrogen) atoms. The molecule has 5 heteroatoms. The first-order valence-corrected chi connectivity index (χ1v) is 6.58. The first kappa shape index (κ1) is 15.7. The molecule has 2 aromatic rings. The number of carbonyl (C=O) groups is 1. The van der Waals surface area contributed by atoms with Gasteiger partial charge in [-0.1, -0.05) is 6.58 Å². The molecule has 0 bridgehead atoms. The van der Waals surface area contributed by atoms with Crippen LogP contribution in [0.1, 0.15) is 12.5 Å². The van der Waals surface area contributed by atoms with Crippen LogP contribution < -0.4 is 10.1 Å². The van der Waals surface area contributed by atoms with Gasteiger partial charge in [0.15, 0.2) is 0 Å². The summed E-state index contributed by atoms with van der Waals surface area (Å²) in [6, 6.07) is 12.3. The molecule has 0 radical (unpaired) electrons. The lowest BCUT2D eigenvalue weighted by molar-refractivity contribution is -0.111. The predicted octanol–water partition coefficient (Wildman–Crippen LogP) is 4.72. The first-order valence-electron chi connectivity index (χ1n) is 6.58. The van der Waals surface area contributed by atoms with Gasteiger partial charge in [-0.2, -0.15) is 0 Å². The Morgan fingerprint density at radius 3 is 2.05 bits per heavy atom. The molecule has 0 saturated carbocycles. The van der Waals surface area contributed by atoms with Gasteiger partial charge in [-0.05, 0) is 54.6 Å². The van der Waals surface area contributed by atoms with Crippen molar-refractivity contribution in [3.63, 3.8) is 0 Å². The molecule has 0 spiro atoms. The van der Waals surface area contributed by atoms with E-state index in [1.54, 1.807) is 24.3 Å². The van der Waals surface area contributed by atoms with Crippen molar-refractivity contribution < 1.29 is 18.3 Å². The van der Waals surface area contributed by atoms with Crippen LogP contribution in [0.5, 0.6) is 11.5 Å². The highest BCUT2D eigenvalue weighted by Crippen LogP contribution is 2.29. The summed E-state index contributed by atoms with van der Waals surface area (Å²) < 4.78 is 31.8. The summed E-state index contributed by atoms with van der Waals surface area (Å²) in [5.74, 6) is -2.18. The fourth-order valence-electron chi connectivity index (χ4n) is 1.75. The van der Waals surface area contributed by atoms with Gasteiger partial charge in [-0.15, -0.1) is 0 Å². The van der Waals surface area contributed by atoms with Crippen LogP contribution in [0.15, 0.2) is 61.2 Å². The van der Waals surface area contributed by atoms with Gasteiger partial charge in [0.2, 0.25) is 5.91 Å². The Morgan fingerprint density at radius 2 is 1.59 bits per heavy atom. The largest absolute Gasteiger partial charge is 0.457 e. The van der Waals surface area contributed by atoms with Crippen LogP contribution in [0.2, 0.25) is 0 Å². The van der Waals surface area contributed by atoms with Gasteiger partial charge in [0.05, 0.1) is 0 Å². The van der Waals surface area contributed by atoms with Crippen LogP contribution in [-0.2, 0) is 10.7 Å². The zero-order valence-corrected chi connectivity index (χ0v) is 12.0. The van der Waals surface area contributed by atoms with E-state index < -0.39 is 5.92 Å². The first-order chi connectivity index (χ1) is 10.4. The molecule has 1 amide bonds. The Hall–Kier alpha value is -2.69. The predicted molar refractivity (Wildman–Crippen MR) is 81.4 cm³/mol. The number of amides is 1. The van der Waals surface area contributed by atoms with Crippen molar-refractivity contribution in [1.29, 1.82) is 0 Å². The number of anilines is 1. The minimum Gasteiger partial charge on any atom is -0.457 e. The zero-order valence-electron chi connectivity index (χ0n) is 12.0.